The highest BCUT2D eigenvalue weighted by Crippen LogP contribution is 2.45. The Hall–Kier alpha value is -3.88. The lowest BCUT2D eigenvalue weighted by atomic mass is 9.94. The van der Waals surface area contributed by atoms with Crippen LogP contribution in [0.2, 0.25) is 5.02 Å². The van der Waals surface area contributed by atoms with Crippen LogP contribution in [0.4, 0.5) is 5.13 Å². The highest BCUT2D eigenvalue weighted by Gasteiger charge is 2.48. The molecule has 0 saturated carbocycles. The molecule has 1 amide bonds. The fraction of sp³-hybridized carbons (Fsp3) is 0.148. The number of phenols is 1. The van der Waals surface area contributed by atoms with Crippen molar-refractivity contribution in [2.75, 3.05) is 4.90 Å². The molecule has 36 heavy (non-hydrogen) atoms. The van der Waals surface area contributed by atoms with Crippen molar-refractivity contribution in [3.8, 4) is 11.5 Å². The molecule has 2 aliphatic rings. The highest BCUT2D eigenvalue weighted by molar-refractivity contribution is 7.22. The first-order chi connectivity index (χ1) is 17.3. The molecule has 7 nitrogen and oxygen atoms in total. The molecule has 2 atom stereocenters. The van der Waals surface area contributed by atoms with Gasteiger partial charge in [-0.3, -0.25) is 14.5 Å². The number of aliphatic hydroxyl groups is 1. The molecule has 1 saturated heterocycles. The van der Waals surface area contributed by atoms with Crippen molar-refractivity contribution in [3.63, 3.8) is 0 Å². The molecule has 180 valence electrons. The number of ether oxygens (including phenoxy) is 1. The predicted molar refractivity (Wildman–Crippen MR) is 138 cm³/mol. The van der Waals surface area contributed by atoms with E-state index in [4.69, 9.17) is 16.3 Å². The first-order valence-electron chi connectivity index (χ1n) is 11.3. The smallest absolute Gasteiger partial charge is 0.301 e. The molecule has 0 bridgehead atoms. The van der Waals surface area contributed by atoms with E-state index in [0.717, 1.165) is 16.0 Å². The maximum Gasteiger partial charge on any atom is 0.301 e. The predicted octanol–water partition coefficient (Wildman–Crippen LogP) is 5.61. The number of halogens is 1. The number of aliphatic hydroxyl groups excluding tert-OH is 1. The molecule has 2 N–H and O–H groups in total. The lowest BCUT2D eigenvalue weighted by Crippen LogP contribution is -2.29. The Morgan fingerprint density at radius 2 is 1.89 bits per heavy atom. The van der Waals surface area contributed by atoms with Crippen molar-refractivity contribution >= 4 is 55.7 Å². The van der Waals surface area contributed by atoms with Crippen molar-refractivity contribution in [3.05, 3.63) is 87.9 Å². The van der Waals surface area contributed by atoms with Gasteiger partial charge in [0.15, 0.2) is 5.13 Å². The van der Waals surface area contributed by atoms with E-state index in [-0.39, 0.29) is 23.2 Å². The van der Waals surface area contributed by atoms with Crippen LogP contribution in [0, 0.1) is 0 Å². The molecule has 0 radical (unpaired) electrons. The molecule has 1 fully saturated rings. The van der Waals surface area contributed by atoms with Gasteiger partial charge in [-0.2, -0.15) is 0 Å². The van der Waals surface area contributed by atoms with Gasteiger partial charge in [-0.1, -0.05) is 35.1 Å². The number of amides is 1. The van der Waals surface area contributed by atoms with Crippen LogP contribution in [0.1, 0.15) is 29.7 Å². The maximum absolute atomic E-state index is 13.4. The minimum atomic E-state index is -0.940. The molecule has 0 aliphatic carbocycles. The summed E-state index contributed by atoms with van der Waals surface area (Å²) in [5, 5.41) is 22.1. The highest BCUT2D eigenvalue weighted by atomic mass is 35.5. The number of carbonyl (C=O) groups excluding carboxylic acids is 2. The van der Waals surface area contributed by atoms with Crippen LogP contribution in [0.3, 0.4) is 0 Å². The maximum atomic E-state index is 13.4. The van der Waals surface area contributed by atoms with Crippen molar-refractivity contribution in [2.24, 2.45) is 0 Å². The number of ketones is 1. The van der Waals surface area contributed by atoms with E-state index in [9.17, 15) is 19.8 Å². The Bertz CT molecular complexity index is 1590. The van der Waals surface area contributed by atoms with Crippen LogP contribution >= 0.6 is 22.9 Å². The SMILES string of the molecule is C[C@H]1Cc2cc(/C(O)=C3\C(=O)C(=O)N(c4nc5ccc(Cl)cc5s4)[C@@H]3c3ccc(O)cc3)ccc2O1. The lowest BCUT2D eigenvalue weighted by molar-refractivity contribution is -0.132. The molecular weight excluding hydrogens is 500 g/mol. The number of hydrogen-bond acceptors (Lipinski definition) is 7. The molecule has 0 unspecified atom stereocenters. The van der Waals surface area contributed by atoms with Gasteiger partial charge >= 0.3 is 5.91 Å². The van der Waals surface area contributed by atoms with E-state index in [2.05, 4.69) is 4.98 Å². The summed E-state index contributed by atoms with van der Waals surface area (Å²) in [4.78, 5) is 32.6. The van der Waals surface area contributed by atoms with E-state index in [1.165, 1.54) is 28.4 Å². The summed E-state index contributed by atoms with van der Waals surface area (Å²) in [7, 11) is 0. The molecular formula is C27H19ClN2O5S. The zero-order valence-corrected chi connectivity index (χ0v) is 20.5. The lowest BCUT2D eigenvalue weighted by Gasteiger charge is -2.23. The molecule has 9 heteroatoms. The van der Waals surface area contributed by atoms with E-state index in [0.29, 0.717) is 33.2 Å². The second-order valence-electron chi connectivity index (χ2n) is 8.82. The van der Waals surface area contributed by atoms with Gasteiger partial charge in [-0.05, 0) is 66.6 Å². The molecule has 1 aromatic heterocycles. The monoisotopic (exact) mass is 518 g/mol. The fourth-order valence-electron chi connectivity index (χ4n) is 4.72. The number of aromatic hydroxyl groups is 1. The Morgan fingerprint density at radius 1 is 1.11 bits per heavy atom. The van der Waals surface area contributed by atoms with Crippen LogP contribution < -0.4 is 9.64 Å². The van der Waals surface area contributed by atoms with Crippen molar-refractivity contribution in [1.82, 2.24) is 4.98 Å². The van der Waals surface area contributed by atoms with E-state index >= 15 is 0 Å². The summed E-state index contributed by atoms with van der Waals surface area (Å²) in [6, 6.07) is 15.7. The molecule has 0 spiro atoms. The standard InChI is InChI=1S/C27H19ClN2O5S/c1-13-10-16-11-15(4-9-20(16)35-13)24(32)22-23(14-2-6-18(31)7-3-14)30(26(34)25(22)33)27-29-19-8-5-17(28)12-21(19)36-27/h2-9,11-13,23,31-32H,10H2,1H3/b24-22+/t13-,23+/m0/s1. The number of hydrogen-bond donors (Lipinski definition) is 2. The normalized spacial score (nSPS) is 20.7. The average molecular weight is 519 g/mol. The first kappa shape index (κ1) is 22.6. The van der Waals surface area contributed by atoms with Crippen LogP contribution in [0.25, 0.3) is 16.0 Å². The number of carbonyl (C=O) groups is 2. The third kappa shape index (κ3) is 3.61. The van der Waals surface area contributed by atoms with E-state index in [1.54, 1.807) is 48.5 Å². The number of benzene rings is 3. The Morgan fingerprint density at radius 3 is 2.67 bits per heavy atom. The number of nitrogens with zero attached hydrogens (tertiary/aromatic N) is 2. The van der Waals surface area contributed by atoms with Gasteiger partial charge < -0.3 is 14.9 Å². The number of aromatic nitrogens is 1. The molecule has 3 heterocycles. The van der Waals surface area contributed by atoms with E-state index < -0.39 is 17.7 Å². The van der Waals surface area contributed by atoms with Crippen LogP contribution in [0.15, 0.2) is 66.2 Å². The number of phenolic OH excluding ortho intramolecular Hbond substituents is 1. The van der Waals surface area contributed by atoms with Crippen molar-refractivity contribution < 1.29 is 24.5 Å². The largest absolute Gasteiger partial charge is 0.508 e. The number of rotatable bonds is 3. The minimum absolute atomic E-state index is 0.0208. The van der Waals surface area contributed by atoms with Gasteiger partial charge in [0.2, 0.25) is 0 Å². The van der Waals surface area contributed by atoms with Crippen LogP contribution in [-0.2, 0) is 16.0 Å². The van der Waals surface area contributed by atoms with E-state index in [1.807, 2.05) is 6.92 Å². The zero-order chi connectivity index (χ0) is 25.1. The topological polar surface area (TPSA) is 100.0 Å². The summed E-state index contributed by atoms with van der Waals surface area (Å²) in [5.74, 6) is -1.10. The summed E-state index contributed by atoms with van der Waals surface area (Å²) in [6.07, 6.45) is 0.702. The van der Waals surface area contributed by atoms with Gasteiger partial charge in [-0.25, -0.2) is 4.98 Å². The second-order valence-corrected chi connectivity index (χ2v) is 10.3. The Kier molecular flexibility index (Phi) is 5.24. The number of fused-ring (bicyclic) bond motifs is 2. The molecule has 6 rings (SSSR count). The quantitative estimate of drug-likeness (QED) is 0.208. The van der Waals surface area contributed by atoms with Crippen LogP contribution in [0.5, 0.6) is 11.5 Å². The Balaban J connectivity index is 1.53. The molecule has 3 aromatic carbocycles. The number of Topliss-reactive ketones (excluding diaryl/α,β-unsaturated/α-hetero) is 1. The zero-order valence-electron chi connectivity index (χ0n) is 18.9. The fourth-order valence-corrected chi connectivity index (χ4v) is 5.98. The second kappa shape index (κ2) is 8.36. The number of anilines is 1. The third-order valence-corrected chi connectivity index (χ3v) is 7.62. The van der Waals surface area contributed by atoms with Gasteiger partial charge in [0.25, 0.3) is 5.78 Å². The van der Waals surface area contributed by atoms with Gasteiger partial charge in [0.1, 0.15) is 23.4 Å². The van der Waals surface area contributed by atoms with Crippen molar-refractivity contribution in [2.45, 2.75) is 25.5 Å². The van der Waals surface area contributed by atoms with Crippen molar-refractivity contribution in [1.29, 1.82) is 0 Å². The summed E-state index contributed by atoms with van der Waals surface area (Å²) in [6.45, 7) is 1.96. The number of thiazole rings is 1. The molecule has 4 aromatic rings. The van der Waals surface area contributed by atoms with Crippen LogP contribution in [-0.4, -0.2) is 33.0 Å². The third-order valence-electron chi connectivity index (χ3n) is 6.37. The van der Waals surface area contributed by atoms with Gasteiger partial charge in [0, 0.05) is 17.0 Å². The van der Waals surface area contributed by atoms with Gasteiger partial charge in [0.05, 0.1) is 21.8 Å². The summed E-state index contributed by atoms with van der Waals surface area (Å²) < 4.78 is 6.51. The Labute approximate surface area is 214 Å². The average Bonchev–Trinajstić information content (AvgIpc) is 3.51. The summed E-state index contributed by atoms with van der Waals surface area (Å²) in [5.41, 5.74) is 2.48. The summed E-state index contributed by atoms with van der Waals surface area (Å²) >= 11 is 7.36. The first-order valence-corrected chi connectivity index (χ1v) is 12.5. The minimum Gasteiger partial charge on any atom is -0.508 e. The molecule has 2 aliphatic heterocycles. The van der Waals surface area contributed by atoms with Gasteiger partial charge in [-0.15, -0.1) is 0 Å².